The van der Waals surface area contributed by atoms with Crippen molar-refractivity contribution >= 4 is 38.5 Å². The summed E-state index contributed by atoms with van der Waals surface area (Å²) in [5.41, 5.74) is 3.65. The van der Waals surface area contributed by atoms with Gasteiger partial charge < -0.3 is 4.74 Å². The number of hydrogen-bond donors (Lipinski definition) is 0. The Morgan fingerprint density at radius 1 is 1.06 bits per heavy atom. The molecular formula is C14H12BrIO. The number of rotatable bonds is 2. The molecule has 0 atom stereocenters. The fraction of sp³-hybridized carbons (Fsp3) is 0.143. The van der Waals surface area contributed by atoms with Crippen LogP contribution in [0.3, 0.4) is 0 Å². The molecule has 3 heteroatoms. The van der Waals surface area contributed by atoms with E-state index < -0.39 is 0 Å². The molecule has 0 amide bonds. The van der Waals surface area contributed by atoms with Gasteiger partial charge in [-0.15, -0.1) is 0 Å². The summed E-state index contributed by atoms with van der Waals surface area (Å²) in [5.74, 6) is 0.886. The Hall–Kier alpha value is -0.550. The molecule has 0 saturated heterocycles. The van der Waals surface area contributed by atoms with Crippen molar-refractivity contribution in [3.63, 3.8) is 0 Å². The van der Waals surface area contributed by atoms with Gasteiger partial charge in [-0.2, -0.15) is 0 Å². The third kappa shape index (κ3) is 2.83. The van der Waals surface area contributed by atoms with Crippen LogP contribution < -0.4 is 4.74 Å². The van der Waals surface area contributed by atoms with E-state index in [1.54, 1.807) is 7.11 Å². The van der Waals surface area contributed by atoms with Gasteiger partial charge in [0.1, 0.15) is 5.75 Å². The second-order valence-corrected chi connectivity index (χ2v) is 5.90. The van der Waals surface area contributed by atoms with E-state index in [9.17, 15) is 0 Å². The van der Waals surface area contributed by atoms with Crippen molar-refractivity contribution in [3.8, 4) is 16.9 Å². The van der Waals surface area contributed by atoms with Crippen molar-refractivity contribution in [2.75, 3.05) is 7.11 Å². The van der Waals surface area contributed by atoms with Crippen LogP contribution in [0.25, 0.3) is 11.1 Å². The van der Waals surface area contributed by atoms with E-state index in [4.69, 9.17) is 4.74 Å². The zero-order chi connectivity index (χ0) is 12.4. The zero-order valence-corrected chi connectivity index (χ0v) is 13.4. The molecule has 0 N–H and O–H groups in total. The Bertz CT molecular complexity index is 552. The molecule has 88 valence electrons. The van der Waals surface area contributed by atoms with Gasteiger partial charge in [0, 0.05) is 8.04 Å². The largest absolute Gasteiger partial charge is 0.497 e. The minimum Gasteiger partial charge on any atom is -0.497 e. The Labute approximate surface area is 123 Å². The van der Waals surface area contributed by atoms with Crippen LogP contribution in [0.15, 0.2) is 40.9 Å². The summed E-state index contributed by atoms with van der Waals surface area (Å²) < 4.78 is 7.62. The fourth-order valence-corrected chi connectivity index (χ4v) is 2.67. The van der Waals surface area contributed by atoms with Gasteiger partial charge in [0.15, 0.2) is 0 Å². The number of aryl methyl sites for hydroxylation is 1. The highest BCUT2D eigenvalue weighted by Gasteiger charge is 2.08. The fourth-order valence-electron chi connectivity index (χ4n) is 1.72. The molecule has 0 saturated carbocycles. The monoisotopic (exact) mass is 402 g/mol. The van der Waals surface area contributed by atoms with Crippen LogP contribution >= 0.6 is 38.5 Å². The third-order valence-electron chi connectivity index (χ3n) is 2.66. The molecule has 0 radical (unpaired) electrons. The van der Waals surface area contributed by atoms with Crippen molar-refractivity contribution in [1.29, 1.82) is 0 Å². The summed E-state index contributed by atoms with van der Waals surface area (Å²) in [6.45, 7) is 2.11. The first-order valence-electron chi connectivity index (χ1n) is 5.22. The van der Waals surface area contributed by atoms with Crippen molar-refractivity contribution in [3.05, 3.63) is 50.0 Å². The molecule has 0 fully saturated rings. The number of halogens is 2. The molecule has 0 aliphatic carbocycles. The van der Waals surface area contributed by atoms with Crippen molar-refractivity contribution in [2.24, 2.45) is 0 Å². The van der Waals surface area contributed by atoms with E-state index in [1.807, 2.05) is 6.07 Å². The van der Waals surface area contributed by atoms with Crippen molar-refractivity contribution in [2.45, 2.75) is 6.92 Å². The minimum atomic E-state index is 0.886. The smallest absolute Gasteiger partial charge is 0.119 e. The average Bonchev–Trinajstić information content (AvgIpc) is 2.33. The third-order valence-corrected chi connectivity index (χ3v) is 4.03. The molecule has 0 bridgehead atoms. The molecule has 17 heavy (non-hydrogen) atoms. The van der Waals surface area contributed by atoms with E-state index in [2.05, 4.69) is 75.8 Å². The highest BCUT2D eigenvalue weighted by Crippen LogP contribution is 2.34. The zero-order valence-electron chi connectivity index (χ0n) is 9.63. The highest BCUT2D eigenvalue weighted by molar-refractivity contribution is 14.1. The Kier molecular flexibility index (Phi) is 4.09. The molecule has 0 aliphatic heterocycles. The number of benzene rings is 2. The standard InChI is InChI=1S/C14H12BrIO/c1-9-3-5-11(17-2)8-12(9)13-7-10(16)4-6-14(13)15/h3-8H,1-2H3. The molecule has 0 aliphatic rings. The molecule has 0 spiro atoms. The lowest BCUT2D eigenvalue weighted by atomic mass is 10.0. The second kappa shape index (κ2) is 5.40. The molecule has 0 aromatic heterocycles. The molecule has 2 aromatic rings. The number of ether oxygens (including phenoxy) is 1. The van der Waals surface area contributed by atoms with E-state index >= 15 is 0 Å². The van der Waals surface area contributed by atoms with Gasteiger partial charge in [0.25, 0.3) is 0 Å². The maximum atomic E-state index is 5.28. The van der Waals surface area contributed by atoms with E-state index in [-0.39, 0.29) is 0 Å². The van der Waals surface area contributed by atoms with Gasteiger partial charge in [-0.1, -0.05) is 22.0 Å². The molecule has 0 heterocycles. The predicted molar refractivity (Wildman–Crippen MR) is 83.6 cm³/mol. The Balaban J connectivity index is 2.62. The summed E-state index contributed by atoms with van der Waals surface area (Å²) in [6, 6.07) is 12.5. The normalized spacial score (nSPS) is 10.4. The predicted octanol–water partition coefficient (Wildman–Crippen LogP) is 5.04. The number of hydrogen-bond acceptors (Lipinski definition) is 1. The molecule has 2 rings (SSSR count). The first kappa shape index (κ1) is 12.9. The molecule has 2 aromatic carbocycles. The van der Waals surface area contributed by atoms with Crippen LogP contribution in [0.4, 0.5) is 0 Å². The van der Waals surface area contributed by atoms with Crippen LogP contribution in [0, 0.1) is 10.5 Å². The molecule has 1 nitrogen and oxygen atoms in total. The SMILES string of the molecule is COc1ccc(C)c(-c2cc(I)ccc2Br)c1. The van der Waals surface area contributed by atoms with Crippen LogP contribution in [0.2, 0.25) is 0 Å². The maximum Gasteiger partial charge on any atom is 0.119 e. The summed E-state index contributed by atoms with van der Waals surface area (Å²) in [7, 11) is 1.69. The van der Waals surface area contributed by atoms with Crippen LogP contribution in [-0.2, 0) is 0 Å². The summed E-state index contributed by atoms with van der Waals surface area (Å²) in [6.07, 6.45) is 0. The summed E-state index contributed by atoms with van der Waals surface area (Å²) in [4.78, 5) is 0. The molecule has 0 unspecified atom stereocenters. The van der Waals surface area contributed by atoms with Gasteiger partial charge in [-0.25, -0.2) is 0 Å². The van der Waals surface area contributed by atoms with Crippen molar-refractivity contribution < 1.29 is 4.74 Å². The summed E-state index contributed by atoms with van der Waals surface area (Å²) in [5, 5.41) is 0. The lowest BCUT2D eigenvalue weighted by molar-refractivity contribution is 0.415. The first-order valence-corrected chi connectivity index (χ1v) is 7.09. The molecular weight excluding hydrogens is 391 g/mol. The first-order chi connectivity index (χ1) is 8.11. The second-order valence-electron chi connectivity index (χ2n) is 3.81. The van der Waals surface area contributed by atoms with Gasteiger partial charge in [-0.05, 0) is 76.5 Å². The van der Waals surface area contributed by atoms with Gasteiger partial charge >= 0.3 is 0 Å². The van der Waals surface area contributed by atoms with E-state index in [1.165, 1.54) is 20.3 Å². The van der Waals surface area contributed by atoms with E-state index in [0.29, 0.717) is 0 Å². The van der Waals surface area contributed by atoms with E-state index in [0.717, 1.165) is 10.2 Å². The van der Waals surface area contributed by atoms with Gasteiger partial charge in [0.05, 0.1) is 7.11 Å². The maximum absolute atomic E-state index is 5.28. The number of methoxy groups -OCH3 is 1. The van der Waals surface area contributed by atoms with Gasteiger partial charge in [0.2, 0.25) is 0 Å². The summed E-state index contributed by atoms with van der Waals surface area (Å²) >= 11 is 5.93. The lowest BCUT2D eigenvalue weighted by Crippen LogP contribution is -1.89. The highest BCUT2D eigenvalue weighted by atomic mass is 127. The van der Waals surface area contributed by atoms with Crippen molar-refractivity contribution in [1.82, 2.24) is 0 Å². The quantitative estimate of drug-likeness (QED) is 0.639. The van der Waals surface area contributed by atoms with Crippen LogP contribution in [-0.4, -0.2) is 7.11 Å². The Morgan fingerprint density at radius 3 is 2.53 bits per heavy atom. The Morgan fingerprint density at radius 2 is 1.82 bits per heavy atom. The minimum absolute atomic E-state index is 0.886. The van der Waals surface area contributed by atoms with Crippen LogP contribution in [0.1, 0.15) is 5.56 Å². The topological polar surface area (TPSA) is 9.23 Å². The van der Waals surface area contributed by atoms with Crippen LogP contribution in [0.5, 0.6) is 5.75 Å². The van der Waals surface area contributed by atoms with Gasteiger partial charge in [-0.3, -0.25) is 0 Å². The average molecular weight is 403 g/mol. The lowest BCUT2D eigenvalue weighted by Gasteiger charge is -2.11.